The number of nitrogens with one attached hydrogen (secondary N) is 1. The van der Waals surface area contributed by atoms with Crippen molar-refractivity contribution in [1.82, 2.24) is 20.4 Å². The molecular formula is C17H24N4O2. The molecule has 0 radical (unpaired) electrons. The lowest BCUT2D eigenvalue weighted by Crippen LogP contribution is -2.51. The van der Waals surface area contributed by atoms with E-state index in [0.29, 0.717) is 23.9 Å². The molecule has 0 aliphatic carbocycles. The van der Waals surface area contributed by atoms with Crippen molar-refractivity contribution in [2.24, 2.45) is 5.92 Å². The third-order valence-corrected chi connectivity index (χ3v) is 4.10. The zero-order valence-electron chi connectivity index (χ0n) is 14.3. The molecule has 0 aliphatic rings. The van der Waals surface area contributed by atoms with Gasteiger partial charge in [-0.15, -0.1) is 0 Å². The van der Waals surface area contributed by atoms with E-state index in [9.17, 15) is 4.79 Å². The second kappa shape index (κ2) is 6.81. The Bertz CT molecular complexity index is 650. The minimum atomic E-state index is -0.272. The van der Waals surface area contributed by atoms with E-state index in [2.05, 4.69) is 29.3 Å². The van der Waals surface area contributed by atoms with Gasteiger partial charge in [-0.25, -0.2) is 4.79 Å². The lowest BCUT2D eigenvalue weighted by molar-refractivity contribution is 0.180. The maximum Gasteiger partial charge on any atom is 0.317 e. The standard InChI is InChI=1S/C17H24N4O2/c1-12(2)17(3,4)19-16(22)21(5)11-13-10-15(20-23-13)14-8-6-7-9-18-14/h6-10,12H,11H2,1-5H3,(H,19,22). The summed E-state index contributed by atoms with van der Waals surface area (Å²) in [5, 5.41) is 7.03. The van der Waals surface area contributed by atoms with Crippen LogP contribution in [0.3, 0.4) is 0 Å². The molecule has 0 aromatic carbocycles. The van der Waals surface area contributed by atoms with Crippen LogP contribution in [0.4, 0.5) is 4.79 Å². The topological polar surface area (TPSA) is 71.3 Å². The van der Waals surface area contributed by atoms with Gasteiger partial charge in [0.05, 0.1) is 12.2 Å². The highest BCUT2D eigenvalue weighted by atomic mass is 16.5. The summed E-state index contributed by atoms with van der Waals surface area (Å²) in [4.78, 5) is 18.1. The number of pyridine rings is 1. The molecule has 0 fully saturated rings. The van der Waals surface area contributed by atoms with E-state index in [1.165, 1.54) is 0 Å². The minimum Gasteiger partial charge on any atom is -0.359 e. The van der Waals surface area contributed by atoms with Gasteiger partial charge in [-0.2, -0.15) is 0 Å². The number of carbonyl (C=O) groups is 1. The zero-order chi connectivity index (χ0) is 17.0. The van der Waals surface area contributed by atoms with Crippen LogP contribution >= 0.6 is 0 Å². The first-order valence-corrected chi connectivity index (χ1v) is 7.70. The quantitative estimate of drug-likeness (QED) is 0.918. The molecule has 0 spiro atoms. The van der Waals surface area contributed by atoms with Gasteiger partial charge in [-0.3, -0.25) is 4.98 Å². The molecule has 0 aliphatic heterocycles. The molecule has 2 heterocycles. The Kier molecular flexibility index (Phi) is 5.03. The number of carbonyl (C=O) groups excluding carboxylic acids is 1. The van der Waals surface area contributed by atoms with Gasteiger partial charge in [0.1, 0.15) is 5.69 Å². The van der Waals surface area contributed by atoms with Gasteiger partial charge < -0.3 is 14.7 Å². The average molecular weight is 316 g/mol. The third kappa shape index (κ3) is 4.31. The molecule has 0 bridgehead atoms. The smallest absolute Gasteiger partial charge is 0.317 e. The van der Waals surface area contributed by atoms with E-state index >= 15 is 0 Å². The van der Waals surface area contributed by atoms with Crippen LogP contribution in [0.5, 0.6) is 0 Å². The molecule has 0 saturated heterocycles. The second-order valence-electron chi connectivity index (χ2n) is 6.56. The Morgan fingerprint density at radius 2 is 2.09 bits per heavy atom. The monoisotopic (exact) mass is 316 g/mol. The summed E-state index contributed by atoms with van der Waals surface area (Å²) < 4.78 is 5.31. The molecule has 0 atom stereocenters. The van der Waals surface area contributed by atoms with E-state index in [4.69, 9.17) is 4.52 Å². The fourth-order valence-electron chi connectivity index (χ4n) is 1.84. The van der Waals surface area contributed by atoms with Crippen LogP contribution in [0.1, 0.15) is 33.5 Å². The molecule has 6 heteroatoms. The molecule has 2 aromatic rings. The van der Waals surface area contributed by atoms with Crippen LogP contribution in [0, 0.1) is 5.92 Å². The Balaban J connectivity index is 2.00. The molecule has 2 aromatic heterocycles. The van der Waals surface area contributed by atoms with Crippen LogP contribution in [-0.4, -0.2) is 33.7 Å². The zero-order valence-corrected chi connectivity index (χ0v) is 14.3. The maximum absolute atomic E-state index is 12.3. The van der Waals surface area contributed by atoms with Crippen molar-refractivity contribution in [3.05, 3.63) is 36.2 Å². The largest absolute Gasteiger partial charge is 0.359 e. The summed E-state index contributed by atoms with van der Waals surface area (Å²) in [5.41, 5.74) is 1.14. The molecule has 0 saturated carbocycles. The minimum absolute atomic E-state index is 0.139. The van der Waals surface area contributed by atoms with Gasteiger partial charge >= 0.3 is 6.03 Å². The number of hydrogen-bond acceptors (Lipinski definition) is 4. The lowest BCUT2D eigenvalue weighted by Gasteiger charge is -2.32. The van der Waals surface area contributed by atoms with Crippen molar-refractivity contribution >= 4 is 6.03 Å². The van der Waals surface area contributed by atoms with E-state index in [1.54, 1.807) is 24.2 Å². The normalized spacial score (nSPS) is 11.6. The molecule has 23 heavy (non-hydrogen) atoms. The first kappa shape index (κ1) is 17.0. The van der Waals surface area contributed by atoms with E-state index < -0.39 is 0 Å². The fourth-order valence-corrected chi connectivity index (χ4v) is 1.84. The molecule has 6 nitrogen and oxygen atoms in total. The van der Waals surface area contributed by atoms with Gasteiger partial charge in [-0.05, 0) is 31.9 Å². The van der Waals surface area contributed by atoms with Crippen LogP contribution in [0.25, 0.3) is 11.4 Å². The van der Waals surface area contributed by atoms with Gasteiger partial charge in [0.15, 0.2) is 5.76 Å². The van der Waals surface area contributed by atoms with E-state index in [0.717, 1.165) is 5.69 Å². The van der Waals surface area contributed by atoms with Crippen molar-refractivity contribution in [3.63, 3.8) is 0 Å². The number of nitrogens with zero attached hydrogens (tertiary/aromatic N) is 3. The Morgan fingerprint density at radius 1 is 1.35 bits per heavy atom. The fraction of sp³-hybridized carbons (Fsp3) is 0.471. The molecule has 2 amide bonds. The van der Waals surface area contributed by atoms with Crippen molar-refractivity contribution < 1.29 is 9.32 Å². The number of rotatable bonds is 5. The highest BCUT2D eigenvalue weighted by Gasteiger charge is 2.26. The number of amides is 2. The van der Waals surface area contributed by atoms with Gasteiger partial charge in [0.25, 0.3) is 0 Å². The van der Waals surface area contributed by atoms with E-state index in [-0.39, 0.29) is 11.6 Å². The first-order valence-electron chi connectivity index (χ1n) is 7.70. The first-order chi connectivity index (χ1) is 10.8. The van der Waals surface area contributed by atoms with Gasteiger partial charge in [0.2, 0.25) is 0 Å². The second-order valence-corrected chi connectivity index (χ2v) is 6.56. The molecular weight excluding hydrogens is 292 g/mol. The van der Waals surface area contributed by atoms with Gasteiger partial charge in [0, 0.05) is 24.8 Å². The highest BCUT2D eigenvalue weighted by molar-refractivity contribution is 5.74. The summed E-state index contributed by atoms with van der Waals surface area (Å²) in [6.07, 6.45) is 1.71. The predicted molar refractivity (Wildman–Crippen MR) is 88.6 cm³/mol. The van der Waals surface area contributed by atoms with Crippen LogP contribution in [-0.2, 0) is 6.54 Å². The molecule has 124 valence electrons. The Hall–Kier alpha value is -2.37. The van der Waals surface area contributed by atoms with Crippen molar-refractivity contribution in [3.8, 4) is 11.4 Å². The van der Waals surface area contributed by atoms with Crippen molar-refractivity contribution in [2.75, 3.05) is 7.05 Å². The Labute approximate surface area is 136 Å². The summed E-state index contributed by atoms with van der Waals surface area (Å²) in [6.45, 7) is 8.53. The molecule has 1 N–H and O–H groups in total. The average Bonchev–Trinajstić information content (AvgIpc) is 2.96. The summed E-state index contributed by atoms with van der Waals surface area (Å²) in [6, 6.07) is 7.27. The van der Waals surface area contributed by atoms with E-state index in [1.807, 2.05) is 32.0 Å². The lowest BCUT2D eigenvalue weighted by atomic mass is 9.91. The Morgan fingerprint density at radius 3 is 2.70 bits per heavy atom. The van der Waals surface area contributed by atoms with Crippen LogP contribution < -0.4 is 5.32 Å². The SMILES string of the molecule is CC(C)C(C)(C)NC(=O)N(C)Cc1cc(-c2ccccn2)no1. The van der Waals surface area contributed by atoms with Crippen molar-refractivity contribution in [2.45, 2.75) is 39.8 Å². The number of aromatic nitrogens is 2. The highest BCUT2D eigenvalue weighted by Crippen LogP contribution is 2.18. The predicted octanol–water partition coefficient (Wildman–Crippen LogP) is 3.31. The third-order valence-electron chi connectivity index (χ3n) is 4.10. The van der Waals surface area contributed by atoms with Crippen LogP contribution in [0.15, 0.2) is 35.0 Å². The summed E-state index contributed by atoms with van der Waals surface area (Å²) >= 11 is 0. The molecule has 2 rings (SSSR count). The summed E-state index contributed by atoms with van der Waals surface area (Å²) in [7, 11) is 1.73. The van der Waals surface area contributed by atoms with Gasteiger partial charge in [-0.1, -0.05) is 25.1 Å². The van der Waals surface area contributed by atoms with Crippen LogP contribution in [0.2, 0.25) is 0 Å². The number of urea groups is 1. The maximum atomic E-state index is 12.3. The summed E-state index contributed by atoms with van der Waals surface area (Å²) in [5.74, 6) is 0.951. The number of hydrogen-bond donors (Lipinski definition) is 1. The molecule has 0 unspecified atom stereocenters. The van der Waals surface area contributed by atoms with Crippen molar-refractivity contribution in [1.29, 1.82) is 0 Å².